The number of nitrogens with zero attached hydrogens (tertiary/aromatic N) is 2. The van der Waals surface area contributed by atoms with Crippen LogP contribution in [0.4, 0.5) is 5.69 Å². The number of anilines is 1. The fraction of sp³-hybridized carbons (Fsp3) is 0.182. The van der Waals surface area contributed by atoms with Gasteiger partial charge < -0.3 is 9.47 Å². The second-order valence-electron chi connectivity index (χ2n) is 6.37. The quantitative estimate of drug-likeness (QED) is 0.702. The van der Waals surface area contributed by atoms with Crippen LogP contribution >= 0.6 is 0 Å². The number of hydrogen-bond donors (Lipinski definition) is 0. The molecule has 2 aromatic carbocycles. The molecule has 4 nitrogen and oxygen atoms in total. The van der Waals surface area contributed by atoms with E-state index < -0.39 is 6.04 Å². The molecule has 0 N–H and O–H groups in total. The highest BCUT2D eigenvalue weighted by molar-refractivity contribution is 5.95. The van der Waals surface area contributed by atoms with Crippen molar-refractivity contribution in [2.45, 2.75) is 26.4 Å². The van der Waals surface area contributed by atoms with E-state index >= 15 is 0 Å². The van der Waals surface area contributed by atoms with Gasteiger partial charge in [0.2, 0.25) is 5.91 Å². The van der Waals surface area contributed by atoms with Crippen molar-refractivity contribution in [3.63, 3.8) is 0 Å². The van der Waals surface area contributed by atoms with Crippen LogP contribution < -0.4 is 10.5 Å². The van der Waals surface area contributed by atoms with Crippen LogP contribution in [0.2, 0.25) is 0 Å². The first kappa shape index (κ1) is 17.7. The van der Waals surface area contributed by atoms with Crippen LogP contribution in [0.15, 0.2) is 83.8 Å². The van der Waals surface area contributed by atoms with Crippen molar-refractivity contribution in [3.8, 4) is 0 Å². The van der Waals surface area contributed by atoms with Gasteiger partial charge >= 0.3 is 0 Å². The van der Waals surface area contributed by atoms with Gasteiger partial charge in [-0.3, -0.25) is 9.59 Å². The van der Waals surface area contributed by atoms with Crippen molar-refractivity contribution < 1.29 is 4.79 Å². The van der Waals surface area contributed by atoms with Gasteiger partial charge in [-0.05, 0) is 37.1 Å². The number of amides is 1. The molecule has 26 heavy (non-hydrogen) atoms. The predicted octanol–water partition coefficient (Wildman–Crippen LogP) is 3.95. The molecule has 0 spiro atoms. The normalized spacial score (nSPS) is 11.8. The van der Waals surface area contributed by atoms with Crippen molar-refractivity contribution in [1.29, 1.82) is 0 Å². The summed E-state index contributed by atoms with van der Waals surface area (Å²) in [5.41, 5.74) is 2.62. The molecule has 0 aliphatic heterocycles. The number of benzene rings is 2. The third-order valence-electron chi connectivity index (χ3n) is 4.38. The number of aromatic nitrogens is 1. The third-order valence-corrected chi connectivity index (χ3v) is 4.38. The van der Waals surface area contributed by atoms with Crippen LogP contribution in [0.5, 0.6) is 0 Å². The van der Waals surface area contributed by atoms with Crippen LogP contribution in [-0.2, 0) is 11.3 Å². The molecule has 132 valence electrons. The monoisotopic (exact) mass is 346 g/mol. The van der Waals surface area contributed by atoms with E-state index in [1.165, 1.54) is 10.6 Å². The molecule has 0 bridgehead atoms. The van der Waals surface area contributed by atoms with E-state index in [1.54, 1.807) is 24.1 Å². The van der Waals surface area contributed by atoms with Crippen LogP contribution in [0.1, 0.15) is 24.1 Å². The second-order valence-corrected chi connectivity index (χ2v) is 6.37. The Kier molecular flexibility index (Phi) is 5.32. The van der Waals surface area contributed by atoms with Crippen molar-refractivity contribution in [2.24, 2.45) is 0 Å². The fourth-order valence-corrected chi connectivity index (χ4v) is 2.93. The number of para-hydroxylation sites is 1. The molecule has 1 unspecified atom stereocenters. The van der Waals surface area contributed by atoms with Crippen LogP contribution in [-0.4, -0.2) is 10.5 Å². The molecule has 0 fully saturated rings. The van der Waals surface area contributed by atoms with Crippen LogP contribution in [0.3, 0.4) is 0 Å². The first-order valence-electron chi connectivity index (χ1n) is 8.65. The Morgan fingerprint density at radius 2 is 1.58 bits per heavy atom. The van der Waals surface area contributed by atoms with Gasteiger partial charge in [0.1, 0.15) is 6.04 Å². The summed E-state index contributed by atoms with van der Waals surface area (Å²) in [7, 11) is 0. The van der Waals surface area contributed by atoms with Gasteiger partial charge in [-0.2, -0.15) is 0 Å². The number of aryl methyl sites for hydroxylation is 1. The number of pyridine rings is 1. The molecule has 0 radical (unpaired) electrons. The van der Waals surface area contributed by atoms with Gasteiger partial charge in [0.05, 0.1) is 6.54 Å². The molecule has 3 rings (SSSR count). The molecule has 3 aromatic rings. The van der Waals surface area contributed by atoms with E-state index in [2.05, 4.69) is 0 Å². The summed E-state index contributed by atoms with van der Waals surface area (Å²) < 4.78 is 1.50. The van der Waals surface area contributed by atoms with E-state index in [9.17, 15) is 9.59 Å². The molecule has 1 amide bonds. The fourth-order valence-electron chi connectivity index (χ4n) is 2.93. The van der Waals surface area contributed by atoms with Gasteiger partial charge in [0.25, 0.3) is 5.56 Å². The number of hydrogen-bond acceptors (Lipinski definition) is 2. The maximum atomic E-state index is 13.3. The highest BCUT2D eigenvalue weighted by atomic mass is 16.2. The largest absolute Gasteiger partial charge is 0.306 e. The molecule has 0 aliphatic rings. The van der Waals surface area contributed by atoms with Crippen molar-refractivity contribution in [2.75, 3.05) is 4.90 Å². The first-order valence-corrected chi connectivity index (χ1v) is 8.65. The lowest BCUT2D eigenvalue weighted by Crippen LogP contribution is -2.39. The Bertz CT molecular complexity index is 933. The van der Waals surface area contributed by atoms with Crippen molar-refractivity contribution in [3.05, 3.63) is 100 Å². The minimum atomic E-state index is -0.591. The minimum absolute atomic E-state index is 0.118. The molecule has 1 atom stereocenters. The Labute approximate surface area is 153 Å². The summed E-state index contributed by atoms with van der Waals surface area (Å²) in [5.74, 6) is -0.118. The Morgan fingerprint density at radius 1 is 0.962 bits per heavy atom. The molecule has 0 aliphatic carbocycles. The maximum Gasteiger partial charge on any atom is 0.251 e. The zero-order chi connectivity index (χ0) is 18.5. The molecular weight excluding hydrogens is 324 g/mol. The number of carbonyl (C=O) groups excluding carboxylic acids is 1. The predicted molar refractivity (Wildman–Crippen MR) is 104 cm³/mol. The summed E-state index contributed by atoms with van der Waals surface area (Å²) in [6, 6.07) is 22.1. The number of carbonyl (C=O) groups is 1. The van der Waals surface area contributed by atoms with E-state index in [0.29, 0.717) is 6.54 Å². The first-order chi connectivity index (χ1) is 12.6. The Morgan fingerprint density at radius 3 is 2.23 bits per heavy atom. The smallest absolute Gasteiger partial charge is 0.251 e. The topological polar surface area (TPSA) is 42.3 Å². The second kappa shape index (κ2) is 7.83. The van der Waals surface area contributed by atoms with Gasteiger partial charge in [-0.1, -0.05) is 54.6 Å². The van der Waals surface area contributed by atoms with E-state index in [-0.39, 0.29) is 11.5 Å². The van der Waals surface area contributed by atoms with Gasteiger partial charge in [0, 0.05) is 18.0 Å². The summed E-state index contributed by atoms with van der Waals surface area (Å²) >= 11 is 0. The van der Waals surface area contributed by atoms with Crippen molar-refractivity contribution in [1.82, 2.24) is 4.57 Å². The molecule has 4 heteroatoms. The molecule has 0 saturated carbocycles. The minimum Gasteiger partial charge on any atom is -0.306 e. The van der Waals surface area contributed by atoms with E-state index in [4.69, 9.17) is 0 Å². The van der Waals surface area contributed by atoms with Crippen LogP contribution in [0, 0.1) is 6.92 Å². The zero-order valence-corrected chi connectivity index (χ0v) is 15.0. The highest BCUT2D eigenvalue weighted by Gasteiger charge is 2.24. The summed E-state index contributed by atoms with van der Waals surface area (Å²) in [6.07, 6.45) is 1.73. The standard InChI is InChI=1S/C22H22N2O2/c1-17-13-14-21(25)23(15-17)18(2)22(26)24(20-11-7-4-8-12-20)16-19-9-5-3-6-10-19/h3-15,18H,16H2,1-2H3. The summed E-state index contributed by atoms with van der Waals surface area (Å²) in [5, 5.41) is 0. The maximum absolute atomic E-state index is 13.3. The molecule has 1 heterocycles. The molecule has 1 aromatic heterocycles. The lowest BCUT2D eigenvalue weighted by molar-refractivity contribution is -0.121. The average Bonchev–Trinajstić information content (AvgIpc) is 2.68. The SMILES string of the molecule is Cc1ccc(=O)n(C(C)C(=O)N(Cc2ccccc2)c2ccccc2)c1. The zero-order valence-electron chi connectivity index (χ0n) is 15.0. The average molecular weight is 346 g/mol. The lowest BCUT2D eigenvalue weighted by Gasteiger charge is -2.27. The molecule has 0 saturated heterocycles. The summed E-state index contributed by atoms with van der Waals surface area (Å²) in [4.78, 5) is 27.2. The van der Waals surface area contributed by atoms with E-state index in [0.717, 1.165) is 16.8 Å². The third kappa shape index (κ3) is 3.91. The van der Waals surface area contributed by atoms with Gasteiger partial charge in [-0.15, -0.1) is 0 Å². The van der Waals surface area contributed by atoms with Crippen LogP contribution in [0.25, 0.3) is 0 Å². The number of rotatable bonds is 5. The van der Waals surface area contributed by atoms with Gasteiger partial charge in [-0.25, -0.2) is 0 Å². The van der Waals surface area contributed by atoms with Crippen molar-refractivity contribution >= 4 is 11.6 Å². The highest BCUT2D eigenvalue weighted by Crippen LogP contribution is 2.21. The van der Waals surface area contributed by atoms with Gasteiger partial charge in [0.15, 0.2) is 0 Å². The lowest BCUT2D eigenvalue weighted by atomic mass is 10.1. The Hall–Kier alpha value is -3.14. The summed E-state index contributed by atoms with van der Waals surface area (Å²) in [6.45, 7) is 4.13. The Balaban J connectivity index is 1.96. The molecular formula is C22H22N2O2. The van der Waals surface area contributed by atoms with E-state index in [1.807, 2.05) is 67.6 Å².